The monoisotopic (exact) mass is 238 g/mol. The second kappa shape index (κ2) is 5.63. The van der Waals surface area contributed by atoms with E-state index in [1.54, 1.807) is 19.9 Å². The molecule has 0 aliphatic rings. The van der Waals surface area contributed by atoms with Crippen molar-refractivity contribution in [1.82, 2.24) is 10.5 Å². The van der Waals surface area contributed by atoms with Gasteiger partial charge in [-0.05, 0) is 31.4 Å². The number of carbonyl (C=O) groups is 1. The third-order valence-electron chi connectivity index (χ3n) is 2.17. The van der Waals surface area contributed by atoms with E-state index in [-0.39, 0.29) is 5.56 Å². The van der Waals surface area contributed by atoms with Crippen LogP contribution in [0.3, 0.4) is 0 Å². The second-order valence-corrected chi connectivity index (χ2v) is 4.48. The van der Waals surface area contributed by atoms with Crippen LogP contribution in [0.4, 0.5) is 0 Å². The number of hydroxylamine groups is 1. The van der Waals surface area contributed by atoms with E-state index in [0.29, 0.717) is 18.1 Å². The smallest absolute Gasteiger partial charge is 0.280 e. The normalized spacial score (nSPS) is 10.6. The average molecular weight is 238 g/mol. The molecule has 1 aromatic heterocycles. The van der Waals surface area contributed by atoms with Gasteiger partial charge in [0.25, 0.3) is 11.5 Å². The summed E-state index contributed by atoms with van der Waals surface area (Å²) < 4.78 is 0. The molecule has 0 saturated heterocycles. The van der Waals surface area contributed by atoms with Crippen molar-refractivity contribution in [1.29, 1.82) is 0 Å². The number of amides is 1. The number of aromatic amines is 1. The molecule has 94 valence electrons. The van der Waals surface area contributed by atoms with E-state index in [2.05, 4.69) is 10.5 Å². The highest BCUT2D eigenvalue weighted by molar-refractivity contribution is 5.94. The molecule has 0 aromatic carbocycles. The van der Waals surface area contributed by atoms with Crippen LogP contribution >= 0.6 is 0 Å². The van der Waals surface area contributed by atoms with Crippen LogP contribution in [0.15, 0.2) is 10.9 Å². The standard InChI is InChI=1S/C12H18N2O3/c1-7(2)6-17-14-12(16)10-8(3)5-9(4)13-11(10)15/h5,7H,6H2,1-4H3,(H,13,15)(H,14,16). The predicted molar refractivity (Wildman–Crippen MR) is 64.8 cm³/mol. The van der Waals surface area contributed by atoms with Gasteiger partial charge in [-0.2, -0.15) is 0 Å². The van der Waals surface area contributed by atoms with Crippen LogP contribution in [-0.2, 0) is 4.84 Å². The summed E-state index contributed by atoms with van der Waals surface area (Å²) in [6.07, 6.45) is 0. The van der Waals surface area contributed by atoms with E-state index >= 15 is 0 Å². The van der Waals surface area contributed by atoms with Crippen LogP contribution in [0.25, 0.3) is 0 Å². The molecule has 0 aliphatic carbocycles. The van der Waals surface area contributed by atoms with Gasteiger partial charge in [0, 0.05) is 5.69 Å². The quantitative estimate of drug-likeness (QED) is 0.777. The Morgan fingerprint density at radius 3 is 2.65 bits per heavy atom. The Hall–Kier alpha value is -1.62. The first kappa shape index (κ1) is 13.4. The Bertz CT molecular complexity index is 463. The Labute approximate surface area is 100 Å². The SMILES string of the molecule is Cc1cc(C)c(C(=O)NOCC(C)C)c(=O)[nH]1. The number of rotatable bonds is 4. The van der Waals surface area contributed by atoms with E-state index in [0.717, 1.165) is 5.69 Å². The number of hydrogen-bond acceptors (Lipinski definition) is 3. The fourth-order valence-electron chi connectivity index (χ4n) is 1.46. The zero-order valence-corrected chi connectivity index (χ0v) is 10.6. The van der Waals surface area contributed by atoms with Crippen LogP contribution in [-0.4, -0.2) is 17.5 Å². The van der Waals surface area contributed by atoms with Gasteiger partial charge >= 0.3 is 0 Å². The van der Waals surface area contributed by atoms with Crippen molar-refractivity contribution in [3.05, 3.63) is 33.2 Å². The van der Waals surface area contributed by atoms with Gasteiger partial charge in [0.2, 0.25) is 0 Å². The molecule has 1 amide bonds. The van der Waals surface area contributed by atoms with E-state index in [9.17, 15) is 9.59 Å². The fraction of sp³-hybridized carbons (Fsp3) is 0.500. The number of aromatic nitrogens is 1. The first-order valence-corrected chi connectivity index (χ1v) is 5.54. The van der Waals surface area contributed by atoms with Crippen molar-refractivity contribution in [2.75, 3.05) is 6.61 Å². The lowest BCUT2D eigenvalue weighted by Crippen LogP contribution is -2.32. The minimum Gasteiger partial charge on any atom is -0.326 e. The third-order valence-corrected chi connectivity index (χ3v) is 2.17. The third kappa shape index (κ3) is 3.71. The van der Waals surface area contributed by atoms with Crippen molar-refractivity contribution in [2.45, 2.75) is 27.7 Å². The largest absolute Gasteiger partial charge is 0.326 e. The number of nitrogens with one attached hydrogen (secondary N) is 2. The number of aryl methyl sites for hydroxylation is 2. The summed E-state index contributed by atoms with van der Waals surface area (Å²) in [7, 11) is 0. The van der Waals surface area contributed by atoms with Crippen molar-refractivity contribution in [2.24, 2.45) is 5.92 Å². The molecule has 1 rings (SSSR count). The molecule has 0 unspecified atom stereocenters. The van der Waals surface area contributed by atoms with E-state index in [4.69, 9.17) is 4.84 Å². The molecule has 0 atom stereocenters. The average Bonchev–Trinajstić information content (AvgIpc) is 2.14. The van der Waals surface area contributed by atoms with Gasteiger partial charge < -0.3 is 4.98 Å². The maximum absolute atomic E-state index is 11.7. The van der Waals surface area contributed by atoms with Crippen LogP contribution in [0.2, 0.25) is 0 Å². The fourth-order valence-corrected chi connectivity index (χ4v) is 1.46. The highest BCUT2D eigenvalue weighted by Crippen LogP contribution is 2.03. The highest BCUT2D eigenvalue weighted by atomic mass is 16.6. The van der Waals surface area contributed by atoms with Crippen molar-refractivity contribution in [3.8, 4) is 0 Å². The van der Waals surface area contributed by atoms with Crippen LogP contribution in [0.5, 0.6) is 0 Å². The summed E-state index contributed by atoms with van der Waals surface area (Å²) in [6, 6.07) is 1.75. The van der Waals surface area contributed by atoms with Crippen molar-refractivity contribution < 1.29 is 9.63 Å². The maximum atomic E-state index is 11.7. The van der Waals surface area contributed by atoms with Crippen molar-refractivity contribution in [3.63, 3.8) is 0 Å². The van der Waals surface area contributed by atoms with Gasteiger partial charge in [0.15, 0.2) is 0 Å². The van der Waals surface area contributed by atoms with Gasteiger partial charge in [0.05, 0.1) is 6.61 Å². The molecule has 0 aliphatic heterocycles. The molecule has 1 heterocycles. The molecule has 0 bridgehead atoms. The lowest BCUT2D eigenvalue weighted by Gasteiger charge is -2.09. The zero-order chi connectivity index (χ0) is 13.0. The molecule has 0 saturated carbocycles. The highest BCUT2D eigenvalue weighted by Gasteiger charge is 2.14. The van der Waals surface area contributed by atoms with Gasteiger partial charge in [-0.1, -0.05) is 13.8 Å². The molecule has 17 heavy (non-hydrogen) atoms. The molecule has 0 spiro atoms. The summed E-state index contributed by atoms with van der Waals surface area (Å²) in [5.74, 6) is -0.197. The minimum absolute atomic E-state index is 0.0966. The van der Waals surface area contributed by atoms with Crippen molar-refractivity contribution >= 4 is 5.91 Å². The second-order valence-electron chi connectivity index (χ2n) is 4.48. The molecular weight excluding hydrogens is 220 g/mol. The van der Waals surface area contributed by atoms with E-state index in [1.165, 1.54) is 0 Å². The van der Waals surface area contributed by atoms with Gasteiger partial charge in [-0.15, -0.1) is 0 Å². The number of H-pyrrole nitrogens is 1. The summed E-state index contributed by atoms with van der Waals surface area (Å²) in [5.41, 5.74) is 3.34. The Kier molecular flexibility index (Phi) is 4.45. The number of carbonyl (C=O) groups excluding carboxylic acids is 1. The molecule has 0 radical (unpaired) electrons. The predicted octanol–water partition coefficient (Wildman–Crippen LogP) is 1.31. The lowest BCUT2D eigenvalue weighted by molar-refractivity contribution is 0.0207. The minimum atomic E-state index is -0.510. The van der Waals surface area contributed by atoms with Gasteiger partial charge in [0.1, 0.15) is 5.56 Å². The molecule has 5 nitrogen and oxygen atoms in total. The van der Waals surface area contributed by atoms with Crippen LogP contribution < -0.4 is 11.0 Å². The van der Waals surface area contributed by atoms with Crippen LogP contribution in [0.1, 0.15) is 35.5 Å². The Morgan fingerprint density at radius 1 is 1.47 bits per heavy atom. The molecule has 2 N–H and O–H groups in total. The maximum Gasteiger partial charge on any atom is 0.280 e. The van der Waals surface area contributed by atoms with E-state index < -0.39 is 11.5 Å². The van der Waals surface area contributed by atoms with E-state index in [1.807, 2.05) is 13.8 Å². The summed E-state index contributed by atoms with van der Waals surface area (Å²) in [5, 5.41) is 0. The number of pyridine rings is 1. The van der Waals surface area contributed by atoms with Gasteiger partial charge in [-0.3, -0.25) is 14.4 Å². The Balaban J connectivity index is 2.79. The Morgan fingerprint density at radius 2 is 2.12 bits per heavy atom. The topological polar surface area (TPSA) is 71.2 Å². The molecule has 5 heteroatoms. The lowest BCUT2D eigenvalue weighted by atomic mass is 10.1. The zero-order valence-electron chi connectivity index (χ0n) is 10.6. The number of hydrogen-bond donors (Lipinski definition) is 2. The summed E-state index contributed by atoms with van der Waals surface area (Å²) in [4.78, 5) is 30.9. The molecular formula is C12H18N2O3. The first-order valence-electron chi connectivity index (χ1n) is 5.54. The first-order chi connectivity index (χ1) is 7.91. The molecule has 0 fully saturated rings. The van der Waals surface area contributed by atoms with Crippen LogP contribution in [0, 0.1) is 19.8 Å². The van der Waals surface area contributed by atoms with Gasteiger partial charge in [-0.25, -0.2) is 5.48 Å². The summed E-state index contributed by atoms with van der Waals surface area (Å²) in [6.45, 7) is 7.84. The summed E-state index contributed by atoms with van der Waals surface area (Å²) >= 11 is 0. The molecule has 1 aromatic rings.